The number of rotatable bonds is 0. The van der Waals surface area contributed by atoms with E-state index in [9.17, 15) is 0 Å². The van der Waals surface area contributed by atoms with E-state index in [1.54, 1.807) is 23.9 Å². The fraction of sp³-hybridized carbons (Fsp3) is 0.167. The van der Waals surface area contributed by atoms with E-state index >= 15 is 0 Å². The van der Waals surface area contributed by atoms with Crippen molar-refractivity contribution in [2.24, 2.45) is 0 Å². The highest BCUT2D eigenvalue weighted by Gasteiger charge is 2.36. The predicted molar refractivity (Wildman–Crippen MR) is 76.2 cm³/mol. The van der Waals surface area contributed by atoms with Crippen LogP contribution in [0.5, 0.6) is 0 Å². The zero-order chi connectivity index (χ0) is 14.9. The van der Waals surface area contributed by atoms with Crippen LogP contribution < -0.4 is 0 Å². The first-order valence-corrected chi connectivity index (χ1v) is 6.83. The molecule has 0 aromatic heterocycles. The van der Waals surface area contributed by atoms with Crippen LogP contribution in [-0.4, -0.2) is 23.9 Å². The van der Waals surface area contributed by atoms with Gasteiger partial charge in [-0.1, -0.05) is 30.1 Å². The molecule has 0 aliphatic carbocycles. The molecule has 0 unspecified atom stereocenters. The van der Waals surface area contributed by atoms with Crippen molar-refractivity contribution in [2.45, 2.75) is 0 Å². The monoisotopic (exact) mass is 298 g/mol. The smallest absolute Gasteiger partial charge is 0.250 e. The van der Waals surface area contributed by atoms with Crippen LogP contribution in [0, 0.1) is 35.8 Å². The second kappa shape index (κ2) is 5.23. The van der Waals surface area contributed by atoms with Crippen LogP contribution in [0.15, 0.2) is 31.5 Å². The average Bonchev–Trinajstić information content (AvgIpc) is 2.95. The van der Waals surface area contributed by atoms with Crippen LogP contribution in [0.4, 0.5) is 0 Å². The Hall–Kier alpha value is -2.52. The standard InChI is InChI=1S/C12H6N6S2/c1-15-9-10(16-2)20-12(18(9)4)11-17(3)7(5-13)8(6-14)19-11/h3-4H3/b12-11-. The van der Waals surface area contributed by atoms with Gasteiger partial charge in [0.2, 0.25) is 5.82 Å². The van der Waals surface area contributed by atoms with Gasteiger partial charge in [0.1, 0.15) is 27.8 Å². The maximum Gasteiger partial charge on any atom is 0.250 e. The molecule has 2 aliphatic rings. The summed E-state index contributed by atoms with van der Waals surface area (Å²) in [5.41, 5.74) is 0.287. The van der Waals surface area contributed by atoms with E-state index in [1.165, 1.54) is 23.5 Å². The van der Waals surface area contributed by atoms with Crippen molar-refractivity contribution in [1.82, 2.24) is 9.80 Å². The number of hydrogen-bond acceptors (Lipinski definition) is 6. The molecule has 8 heteroatoms. The van der Waals surface area contributed by atoms with Crippen LogP contribution in [0.3, 0.4) is 0 Å². The van der Waals surface area contributed by atoms with Crippen LogP contribution in [0.2, 0.25) is 0 Å². The molecule has 0 amide bonds. The van der Waals surface area contributed by atoms with Crippen LogP contribution >= 0.6 is 23.5 Å². The molecule has 20 heavy (non-hydrogen) atoms. The Labute approximate surface area is 124 Å². The third-order valence-corrected chi connectivity index (χ3v) is 5.06. The van der Waals surface area contributed by atoms with Crippen LogP contribution in [0.1, 0.15) is 0 Å². The summed E-state index contributed by atoms with van der Waals surface area (Å²) in [6, 6.07) is 4.00. The fourth-order valence-corrected chi connectivity index (χ4v) is 3.86. The van der Waals surface area contributed by atoms with Gasteiger partial charge in [-0.25, -0.2) is 4.85 Å². The van der Waals surface area contributed by atoms with Crippen molar-refractivity contribution in [1.29, 1.82) is 10.5 Å². The van der Waals surface area contributed by atoms with E-state index in [2.05, 4.69) is 9.69 Å². The molecule has 0 bridgehead atoms. The van der Waals surface area contributed by atoms with E-state index < -0.39 is 0 Å². The molecule has 0 aromatic carbocycles. The highest BCUT2D eigenvalue weighted by Crippen LogP contribution is 2.50. The summed E-state index contributed by atoms with van der Waals surface area (Å²) in [7, 11) is 3.39. The van der Waals surface area contributed by atoms with E-state index in [4.69, 9.17) is 23.7 Å². The molecule has 0 fully saturated rings. The lowest BCUT2D eigenvalue weighted by atomic mass is 10.4. The summed E-state index contributed by atoms with van der Waals surface area (Å²) in [4.78, 5) is 10.3. The highest BCUT2D eigenvalue weighted by atomic mass is 32.2. The van der Waals surface area contributed by atoms with E-state index in [0.29, 0.717) is 20.0 Å². The molecule has 0 spiro atoms. The molecule has 6 nitrogen and oxygen atoms in total. The summed E-state index contributed by atoms with van der Waals surface area (Å²) in [6.07, 6.45) is 0. The summed E-state index contributed by atoms with van der Waals surface area (Å²) in [6.45, 7) is 14.2. The number of nitriles is 2. The summed E-state index contributed by atoms with van der Waals surface area (Å²) in [5.74, 6) is 0.269. The third-order valence-electron chi connectivity index (χ3n) is 2.66. The Morgan fingerprint density at radius 2 is 1.65 bits per heavy atom. The fourth-order valence-electron chi connectivity index (χ4n) is 1.68. The second-order valence-corrected chi connectivity index (χ2v) is 5.66. The largest absolute Gasteiger partial charge is 0.374 e. The van der Waals surface area contributed by atoms with Crippen molar-refractivity contribution >= 4 is 23.5 Å². The SMILES string of the molecule is [C-]#[N+]C1=C([N+]#[C-])N(C)/C(=C2/SC(C#N)=C(C#N)N2C)S1. The molecule has 0 saturated carbocycles. The lowest BCUT2D eigenvalue weighted by Gasteiger charge is -2.18. The third kappa shape index (κ3) is 1.89. The average molecular weight is 298 g/mol. The lowest BCUT2D eigenvalue weighted by molar-refractivity contribution is 0.527. The van der Waals surface area contributed by atoms with Crippen molar-refractivity contribution in [2.75, 3.05) is 14.1 Å². The normalized spacial score (nSPS) is 21.7. The molecular weight excluding hydrogens is 292 g/mol. The molecule has 2 rings (SSSR count). The number of allylic oxidation sites excluding steroid dienone is 2. The number of hydrogen-bond donors (Lipinski definition) is 0. The van der Waals surface area contributed by atoms with Gasteiger partial charge >= 0.3 is 0 Å². The van der Waals surface area contributed by atoms with Gasteiger partial charge in [-0.2, -0.15) is 10.5 Å². The summed E-state index contributed by atoms with van der Waals surface area (Å²) in [5, 5.41) is 19.8. The second-order valence-electron chi connectivity index (χ2n) is 3.69. The molecule has 96 valence electrons. The first-order valence-electron chi connectivity index (χ1n) is 5.20. The van der Waals surface area contributed by atoms with Gasteiger partial charge in [-0.15, -0.1) is 0 Å². The summed E-state index contributed by atoms with van der Waals surface area (Å²) < 4.78 is 0. The predicted octanol–water partition coefficient (Wildman–Crippen LogP) is 2.69. The summed E-state index contributed by atoms with van der Waals surface area (Å²) >= 11 is 2.37. The van der Waals surface area contributed by atoms with Gasteiger partial charge < -0.3 is 9.74 Å². The Kier molecular flexibility index (Phi) is 3.63. The van der Waals surface area contributed by atoms with Crippen molar-refractivity contribution < 1.29 is 0 Å². The zero-order valence-corrected chi connectivity index (χ0v) is 12.1. The first-order chi connectivity index (χ1) is 9.58. The Morgan fingerprint density at radius 1 is 1.00 bits per heavy atom. The van der Waals surface area contributed by atoms with Crippen LogP contribution in [0.25, 0.3) is 9.69 Å². The van der Waals surface area contributed by atoms with E-state index in [0.717, 1.165) is 0 Å². The van der Waals surface area contributed by atoms with Crippen molar-refractivity contribution in [3.05, 3.63) is 54.3 Å². The zero-order valence-electron chi connectivity index (χ0n) is 10.5. The van der Waals surface area contributed by atoms with Gasteiger partial charge in [0.25, 0.3) is 5.03 Å². The van der Waals surface area contributed by atoms with Crippen molar-refractivity contribution in [3.63, 3.8) is 0 Å². The maximum atomic E-state index is 9.10. The van der Waals surface area contributed by atoms with Crippen LogP contribution in [-0.2, 0) is 0 Å². The minimum absolute atomic E-state index is 0.269. The maximum absolute atomic E-state index is 9.10. The quantitative estimate of drug-likeness (QED) is 0.641. The Balaban J connectivity index is 2.48. The van der Waals surface area contributed by atoms with Gasteiger partial charge in [0, 0.05) is 7.05 Å². The molecular formula is C12H6N6S2. The first kappa shape index (κ1) is 13.9. The van der Waals surface area contributed by atoms with Crippen molar-refractivity contribution in [3.8, 4) is 12.1 Å². The molecule has 0 saturated heterocycles. The molecule has 0 aromatic rings. The van der Waals surface area contributed by atoms with E-state index in [1.807, 2.05) is 12.1 Å². The molecule has 0 N–H and O–H groups in total. The number of nitrogens with zero attached hydrogens (tertiary/aromatic N) is 6. The van der Waals surface area contributed by atoms with Gasteiger partial charge in [0.05, 0.1) is 13.6 Å². The van der Waals surface area contributed by atoms with Gasteiger partial charge in [0.15, 0.2) is 5.03 Å². The van der Waals surface area contributed by atoms with E-state index in [-0.39, 0.29) is 11.5 Å². The van der Waals surface area contributed by atoms with Gasteiger partial charge in [-0.3, -0.25) is 4.90 Å². The minimum atomic E-state index is 0.269. The molecule has 0 atom stereocenters. The topological polar surface area (TPSA) is 62.8 Å². The Morgan fingerprint density at radius 3 is 2.05 bits per heavy atom. The highest BCUT2D eigenvalue weighted by molar-refractivity contribution is 8.10. The molecule has 2 aliphatic heterocycles. The molecule has 2 heterocycles. The number of thioether (sulfide) groups is 2. The van der Waals surface area contributed by atoms with Gasteiger partial charge in [-0.05, 0) is 0 Å². The molecule has 0 radical (unpaired) electrons. The Bertz CT molecular complexity index is 683. The minimum Gasteiger partial charge on any atom is -0.374 e. The lowest BCUT2D eigenvalue weighted by Crippen LogP contribution is -2.17.